The average molecular weight is 221 g/mol. The molecule has 0 radical (unpaired) electrons. The zero-order valence-electron chi connectivity index (χ0n) is 9.98. The molecule has 0 saturated carbocycles. The van der Waals surface area contributed by atoms with Gasteiger partial charge in [0, 0.05) is 19.0 Å². The molecule has 1 aliphatic carbocycles. The Hall–Kier alpha value is -1.06. The molecule has 0 bridgehead atoms. The maximum absolute atomic E-state index is 5.52. The Labute approximate surface area is 97.0 Å². The van der Waals surface area contributed by atoms with Crippen LogP contribution in [0, 0.1) is 5.92 Å². The van der Waals surface area contributed by atoms with Gasteiger partial charge in [0.2, 0.25) is 0 Å². The quantitative estimate of drug-likeness (QED) is 0.671. The van der Waals surface area contributed by atoms with Gasteiger partial charge < -0.3 is 14.4 Å². The van der Waals surface area contributed by atoms with Crippen molar-refractivity contribution in [1.29, 1.82) is 0 Å². The van der Waals surface area contributed by atoms with Crippen LogP contribution < -0.4 is 0 Å². The van der Waals surface area contributed by atoms with E-state index in [9.17, 15) is 0 Å². The SMILES string of the molecule is COC1=CC2CN(C)CCOC/C=C\2C=C1. The Morgan fingerprint density at radius 1 is 1.44 bits per heavy atom. The lowest BCUT2D eigenvalue weighted by atomic mass is 9.93. The number of ether oxygens (including phenoxy) is 2. The Kier molecular flexibility index (Phi) is 3.80. The number of allylic oxidation sites excluding steroid dienone is 2. The molecule has 0 saturated heterocycles. The summed E-state index contributed by atoms with van der Waals surface area (Å²) in [5.74, 6) is 1.38. The Bertz CT molecular complexity index is 331. The van der Waals surface area contributed by atoms with Gasteiger partial charge in [-0.1, -0.05) is 12.2 Å². The van der Waals surface area contributed by atoms with Gasteiger partial charge >= 0.3 is 0 Å². The summed E-state index contributed by atoms with van der Waals surface area (Å²) >= 11 is 0. The standard InChI is InChI=1S/C13H19NO2/c1-14-6-8-16-7-5-11-3-4-13(15-2)9-12(11)10-14/h3-5,9,12H,6-8,10H2,1-2H3/b11-5-. The Balaban J connectivity index is 2.17. The molecule has 0 aromatic carbocycles. The molecule has 0 N–H and O–H groups in total. The number of hydrogen-bond acceptors (Lipinski definition) is 3. The molecule has 2 aliphatic rings. The molecule has 3 nitrogen and oxygen atoms in total. The summed E-state index contributed by atoms with van der Waals surface area (Å²) in [5, 5.41) is 0. The van der Waals surface area contributed by atoms with Crippen molar-refractivity contribution < 1.29 is 9.47 Å². The van der Waals surface area contributed by atoms with Gasteiger partial charge in [-0.2, -0.15) is 0 Å². The first-order valence-electron chi connectivity index (χ1n) is 5.70. The molecule has 0 spiro atoms. The first-order valence-corrected chi connectivity index (χ1v) is 5.70. The minimum atomic E-state index is 0.423. The third kappa shape index (κ3) is 2.74. The van der Waals surface area contributed by atoms with Gasteiger partial charge in [-0.25, -0.2) is 0 Å². The van der Waals surface area contributed by atoms with Gasteiger partial charge in [0.25, 0.3) is 0 Å². The molecular weight excluding hydrogens is 202 g/mol. The molecule has 1 heterocycles. The van der Waals surface area contributed by atoms with Crippen molar-refractivity contribution in [2.45, 2.75) is 0 Å². The van der Waals surface area contributed by atoms with Gasteiger partial charge in [0.1, 0.15) is 5.76 Å². The molecule has 3 heteroatoms. The largest absolute Gasteiger partial charge is 0.497 e. The van der Waals surface area contributed by atoms with E-state index >= 15 is 0 Å². The van der Waals surface area contributed by atoms with Crippen molar-refractivity contribution in [3.8, 4) is 0 Å². The third-order valence-corrected chi connectivity index (χ3v) is 3.03. The molecule has 0 aromatic heterocycles. The molecule has 0 aromatic rings. The molecule has 88 valence electrons. The van der Waals surface area contributed by atoms with Crippen molar-refractivity contribution >= 4 is 0 Å². The lowest BCUT2D eigenvalue weighted by Gasteiger charge is -2.24. The summed E-state index contributed by atoms with van der Waals surface area (Å²) in [6, 6.07) is 0. The van der Waals surface area contributed by atoms with Gasteiger partial charge in [-0.15, -0.1) is 0 Å². The van der Waals surface area contributed by atoms with Gasteiger partial charge in [-0.05, 0) is 24.8 Å². The molecule has 16 heavy (non-hydrogen) atoms. The molecule has 0 amide bonds. The van der Waals surface area contributed by atoms with Crippen LogP contribution in [0.15, 0.2) is 35.6 Å². The molecule has 0 fully saturated rings. The van der Waals surface area contributed by atoms with Crippen LogP contribution in [-0.4, -0.2) is 45.4 Å². The normalized spacial score (nSPS) is 30.2. The molecular formula is C13H19NO2. The van der Waals surface area contributed by atoms with E-state index < -0.39 is 0 Å². The number of fused-ring (bicyclic) bond motifs is 1. The Morgan fingerprint density at radius 3 is 3.12 bits per heavy atom. The van der Waals surface area contributed by atoms with E-state index in [1.54, 1.807) is 7.11 Å². The average Bonchev–Trinajstić information content (AvgIpc) is 2.37. The van der Waals surface area contributed by atoms with Gasteiger partial charge in [-0.3, -0.25) is 0 Å². The monoisotopic (exact) mass is 221 g/mol. The van der Waals surface area contributed by atoms with Crippen LogP contribution in [0.5, 0.6) is 0 Å². The summed E-state index contributed by atoms with van der Waals surface area (Å²) in [7, 11) is 3.85. The highest BCUT2D eigenvalue weighted by atomic mass is 16.5. The summed E-state index contributed by atoms with van der Waals surface area (Å²) in [5.41, 5.74) is 1.33. The topological polar surface area (TPSA) is 21.7 Å². The van der Waals surface area contributed by atoms with E-state index in [1.807, 2.05) is 6.08 Å². The zero-order chi connectivity index (χ0) is 11.4. The van der Waals surface area contributed by atoms with Crippen molar-refractivity contribution in [2.24, 2.45) is 5.92 Å². The number of likely N-dealkylation sites (N-methyl/N-ethyl adjacent to an activating group) is 1. The lowest BCUT2D eigenvalue weighted by Crippen LogP contribution is -2.28. The van der Waals surface area contributed by atoms with E-state index in [4.69, 9.17) is 9.47 Å². The second-order valence-corrected chi connectivity index (χ2v) is 4.25. The smallest absolute Gasteiger partial charge is 0.115 e. The van der Waals surface area contributed by atoms with Crippen molar-refractivity contribution in [3.05, 3.63) is 35.6 Å². The minimum Gasteiger partial charge on any atom is -0.497 e. The lowest BCUT2D eigenvalue weighted by molar-refractivity contribution is 0.135. The number of methoxy groups -OCH3 is 1. The fourth-order valence-electron chi connectivity index (χ4n) is 2.05. The molecule has 1 unspecified atom stereocenters. The summed E-state index contributed by atoms with van der Waals surface area (Å²) < 4.78 is 10.8. The van der Waals surface area contributed by atoms with Crippen molar-refractivity contribution in [1.82, 2.24) is 4.90 Å². The van der Waals surface area contributed by atoms with Crippen LogP contribution in [-0.2, 0) is 9.47 Å². The predicted octanol–water partition coefficient (Wildman–Crippen LogP) is 1.59. The van der Waals surface area contributed by atoms with E-state index in [2.05, 4.69) is 30.2 Å². The first-order chi connectivity index (χ1) is 7.79. The van der Waals surface area contributed by atoms with Crippen molar-refractivity contribution in [3.63, 3.8) is 0 Å². The molecule has 2 rings (SSSR count). The van der Waals surface area contributed by atoms with E-state index in [1.165, 1.54) is 5.57 Å². The van der Waals surface area contributed by atoms with Crippen LogP contribution in [0.2, 0.25) is 0 Å². The van der Waals surface area contributed by atoms with Crippen LogP contribution in [0.25, 0.3) is 0 Å². The minimum absolute atomic E-state index is 0.423. The summed E-state index contributed by atoms with van der Waals surface area (Å²) in [6.45, 7) is 3.52. The number of rotatable bonds is 1. The fraction of sp³-hybridized carbons (Fsp3) is 0.538. The number of hydrogen-bond donors (Lipinski definition) is 0. The Morgan fingerprint density at radius 2 is 2.31 bits per heavy atom. The maximum atomic E-state index is 5.52. The summed E-state index contributed by atoms with van der Waals surface area (Å²) in [6.07, 6.45) is 8.50. The van der Waals surface area contributed by atoms with E-state index in [0.717, 1.165) is 25.5 Å². The molecule has 1 atom stereocenters. The molecule has 1 aliphatic heterocycles. The second-order valence-electron chi connectivity index (χ2n) is 4.25. The first kappa shape index (κ1) is 11.4. The van der Waals surface area contributed by atoms with Crippen molar-refractivity contribution in [2.75, 3.05) is 40.5 Å². The highest BCUT2D eigenvalue weighted by molar-refractivity contribution is 5.36. The van der Waals surface area contributed by atoms with Crippen LogP contribution in [0.1, 0.15) is 0 Å². The third-order valence-electron chi connectivity index (χ3n) is 3.03. The van der Waals surface area contributed by atoms with Crippen LogP contribution in [0.4, 0.5) is 0 Å². The highest BCUT2D eigenvalue weighted by Gasteiger charge is 2.17. The van der Waals surface area contributed by atoms with Gasteiger partial charge in [0.15, 0.2) is 0 Å². The maximum Gasteiger partial charge on any atom is 0.115 e. The summed E-state index contributed by atoms with van der Waals surface area (Å²) in [4.78, 5) is 2.30. The fourth-order valence-corrected chi connectivity index (χ4v) is 2.05. The van der Waals surface area contributed by atoms with Crippen LogP contribution in [0.3, 0.4) is 0 Å². The van der Waals surface area contributed by atoms with Crippen LogP contribution >= 0.6 is 0 Å². The number of nitrogens with zero attached hydrogens (tertiary/aromatic N) is 1. The van der Waals surface area contributed by atoms with E-state index in [-0.39, 0.29) is 0 Å². The second kappa shape index (κ2) is 5.32. The predicted molar refractivity (Wildman–Crippen MR) is 64.1 cm³/mol. The van der Waals surface area contributed by atoms with Gasteiger partial charge in [0.05, 0.1) is 20.3 Å². The highest BCUT2D eigenvalue weighted by Crippen LogP contribution is 2.24. The zero-order valence-corrected chi connectivity index (χ0v) is 9.98. The van der Waals surface area contributed by atoms with E-state index in [0.29, 0.717) is 12.5 Å².